The number of hydrogen-bond acceptors (Lipinski definition) is 3. The number of carbonyl (C=O) groups is 1. The third kappa shape index (κ3) is 4.84. The predicted molar refractivity (Wildman–Crippen MR) is 85.4 cm³/mol. The molecule has 1 amide bonds. The van der Waals surface area contributed by atoms with Crippen molar-refractivity contribution < 1.29 is 9.53 Å². The highest BCUT2D eigenvalue weighted by atomic mass is 16.5. The minimum Gasteiger partial charge on any atom is -0.494 e. The van der Waals surface area contributed by atoms with Crippen molar-refractivity contribution in [2.45, 2.75) is 19.8 Å². The molecular formula is C17H20N2O2. The van der Waals surface area contributed by atoms with Gasteiger partial charge in [0.25, 0.3) is 0 Å². The first kappa shape index (κ1) is 14.9. The van der Waals surface area contributed by atoms with Gasteiger partial charge in [-0.1, -0.05) is 25.1 Å². The Balaban J connectivity index is 1.94. The summed E-state index contributed by atoms with van der Waals surface area (Å²) >= 11 is 0. The molecule has 21 heavy (non-hydrogen) atoms. The minimum atomic E-state index is -0.0626. The molecule has 0 aliphatic rings. The van der Waals surface area contributed by atoms with Crippen molar-refractivity contribution >= 4 is 17.3 Å². The van der Waals surface area contributed by atoms with Crippen molar-refractivity contribution in [3.05, 3.63) is 54.1 Å². The normalized spacial score (nSPS) is 10.1. The van der Waals surface area contributed by atoms with Crippen LogP contribution in [-0.2, 0) is 11.2 Å². The summed E-state index contributed by atoms with van der Waals surface area (Å²) < 4.78 is 5.54. The van der Waals surface area contributed by atoms with E-state index in [1.54, 1.807) is 12.1 Å². The number of rotatable bonds is 6. The maximum Gasteiger partial charge on any atom is 0.228 e. The smallest absolute Gasteiger partial charge is 0.228 e. The van der Waals surface area contributed by atoms with Gasteiger partial charge in [0.2, 0.25) is 5.91 Å². The standard InChI is InChI=1S/C17H20N2O2/c1-2-10-21-16-5-3-4-15(12-16)19-17(20)11-13-6-8-14(18)9-7-13/h3-9,12H,2,10-11,18H2,1H3,(H,19,20). The van der Waals surface area contributed by atoms with E-state index in [-0.39, 0.29) is 5.91 Å². The van der Waals surface area contributed by atoms with Gasteiger partial charge in [0.05, 0.1) is 13.0 Å². The summed E-state index contributed by atoms with van der Waals surface area (Å²) in [5, 5.41) is 2.87. The average molecular weight is 284 g/mol. The minimum absolute atomic E-state index is 0.0626. The largest absolute Gasteiger partial charge is 0.494 e. The molecule has 0 heterocycles. The van der Waals surface area contributed by atoms with Gasteiger partial charge in [-0.05, 0) is 36.2 Å². The van der Waals surface area contributed by atoms with Crippen LogP contribution in [0.25, 0.3) is 0 Å². The quantitative estimate of drug-likeness (QED) is 0.800. The van der Waals surface area contributed by atoms with Gasteiger partial charge in [-0.25, -0.2) is 0 Å². The first-order chi connectivity index (χ1) is 10.2. The van der Waals surface area contributed by atoms with E-state index in [0.29, 0.717) is 18.7 Å². The topological polar surface area (TPSA) is 64.3 Å². The maximum atomic E-state index is 12.0. The summed E-state index contributed by atoms with van der Waals surface area (Å²) in [6.45, 7) is 2.72. The number of amides is 1. The SMILES string of the molecule is CCCOc1cccc(NC(=O)Cc2ccc(N)cc2)c1. The number of nitrogens with one attached hydrogen (secondary N) is 1. The van der Waals surface area contributed by atoms with Crippen LogP contribution >= 0.6 is 0 Å². The maximum absolute atomic E-state index is 12.0. The zero-order chi connectivity index (χ0) is 15.1. The third-order valence-electron chi connectivity index (χ3n) is 2.94. The fraction of sp³-hybridized carbons (Fsp3) is 0.235. The number of nitrogens with two attached hydrogens (primary N) is 1. The van der Waals surface area contributed by atoms with Crippen molar-refractivity contribution in [1.82, 2.24) is 0 Å². The Morgan fingerprint density at radius 1 is 1.19 bits per heavy atom. The lowest BCUT2D eigenvalue weighted by molar-refractivity contribution is -0.115. The van der Waals surface area contributed by atoms with E-state index < -0.39 is 0 Å². The number of anilines is 2. The first-order valence-electron chi connectivity index (χ1n) is 7.04. The van der Waals surface area contributed by atoms with Gasteiger partial charge in [-0.2, -0.15) is 0 Å². The molecule has 0 spiro atoms. The Labute approximate surface area is 124 Å². The Kier molecular flexibility index (Phi) is 5.21. The van der Waals surface area contributed by atoms with Crippen LogP contribution in [0.3, 0.4) is 0 Å². The summed E-state index contributed by atoms with van der Waals surface area (Å²) in [7, 11) is 0. The number of nitrogen functional groups attached to an aromatic ring is 1. The lowest BCUT2D eigenvalue weighted by Crippen LogP contribution is -2.14. The third-order valence-corrected chi connectivity index (χ3v) is 2.94. The number of carbonyl (C=O) groups excluding carboxylic acids is 1. The van der Waals surface area contributed by atoms with Gasteiger partial charge in [-0.15, -0.1) is 0 Å². The van der Waals surface area contributed by atoms with Crippen LogP contribution in [0, 0.1) is 0 Å². The molecule has 0 fully saturated rings. The number of benzene rings is 2. The fourth-order valence-corrected chi connectivity index (χ4v) is 1.91. The van der Waals surface area contributed by atoms with Gasteiger partial charge >= 0.3 is 0 Å². The molecule has 0 aromatic heterocycles. The molecule has 0 radical (unpaired) electrons. The molecule has 0 saturated heterocycles. The molecule has 4 nitrogen and oxygen atoms in total. The molecule has 0 atom stereocenters. The van der Waals surface area contributed by atoms with Crippen molar-refractivity contribution in [2.75, 3.05) is 17.7 Å². The summed E-state index contributed by atoms with van der Waals surface area (Å²) in [5.74, 6) is 0.703. The molecule has 3 N–H and O–H groups in total. The Morgan fingerprint density at radius 3 is 2.67 bits per heavy atom. The lowest BCUT2D eigenvalue weighted by atomic mass is 10.1. The monoisotopic (exact) mass is 284 g/mol. The second-order valence-electron chi connectivity index (χ2n) is 4.84. The summed E-state index contributed by atoms with van der Waals surface area (Å²) in [4.78, 5) is 12.0. The zero-order valence-electron chi connectivity index (χ0n) is 12.1. The van der Waals surface area contributed by atoms with Gasteiger partial charge in [0, 0.05) is 17.4 Å². The number of hydrogen-bond donors (Lipinski definition) is 2. The lowest BCUT2D eigenvalue weighted by Gasteiger charge is -2.08. The second-order valence-corrected chi connectivity index (χ2v) is 4.84. The highest BCUT2D eigenvalue weighted by Gasteiger charge is 2.05. The molecule has 110 valence electrons. The van der Waals surface area contributed by atoms with Crippen LogP contribution in [0.1, 0.15) is 18.9 Å². The van der Waals surface area contributed by atoms with E-state index in [2.05, 4.69) is 12.2 Å². The molecule has 2 rings (SSSR count). The second kappa shape index (κ2) is 7.33. The molecule has 4 heteroatoms. The van der Waals surface area contributed by atoms with Gasteiger partial charge in [0.15, 0.2) is 0 Å². The van der Waals surface area contributed by atoms with Crippen molar-refractivity contribution in [2.24, 2.45) is 0 Å². The Hall–Kier alpha value is -2.49. The molecule has 0 unspecified atom stereocenters. The van der Waals surface area contributed by atoms with Crippen LogP contribution < -0.4 is 15.8 Å². The van der Waals surface area contributed by atoms with E-state index in [1.165, 1.54) is 0 Å². The van der Waals surface area contributed by atoms with Crippen LogP contribution in [0.2, 0.25) is 0 Å². The molecule has 0 aliphatic heterocycles. The van der Waals surface area contributed by atoms with Crippen LogP contribution in [-0.4, -0.2) is 12.5 Å². The summed E-state index contributed by atoms with van der Waals surface area (Å²) in [6, 6.07) is 14.7. The molecule has 0 bridgehead atoms. The van der Waals surface area contributed by atoms with Crippen LogP contribution in [0.15, 0.2) is 48.5 Å². The highest BCUT2D eigenvalue weighted by molar-refractivity contribution is 5.92. The zero-order valence-corrected chi connectivity index (χ0v) is 12.1. The van der Waals surface area contributed by atoms with Crippen molar-refractivity contribution in [1.29, 1.82) is 0 Å². The molecule has 2 aromatic rings. The highest BCUT2D eigenvalue weighted by Crippen LogP contribution is 2.18. The molecular weight excluding hydrogens is 264 g/mol. The van der Waals surface area contributed by atoms with Gasteiger partial charge < -0.3 is 15.8 Å². The van der Waals surface area contributed by atoms with Crippen molar-refractivity contribution in [3.63, 3.8) is 0 Å². The van der Waals surface area contributed by atoms with Crippen LogP contribution in [0.4, 0.5) is 11.4 Å². The summed E-state index contributed by atoms with van der Waals surface area (Å²) in [5.41, 5.74) is 7.99. The van der Waals surface area contributed by atoms with Crippen molar-refractivity contribution in [3.8, 4) is 5.75 Å². The Bertz CT molecular complexity index is 594. The van der Waals surface area contributed by atoms with E-state index in [0.717, 1.165) is 23.4 Å². The van der Waals surface area contributed by atoms with Gasteiger partial charge in [-0.3, -0.25) is 4.79 Å². The molecule has 2 aromatic carbocycles. The predicted octanol–water partition coefficient (Wildman–Crippen LogP) is 3.24. The summed E-state index contributed by atoms with van der Waals surface area (Å²) in [6.07, 6.45) is 1.27. The van der Waals surface area contributed by atoms with E-state index in [1.807, 2.05) is 36.4 Å². The molecule has 0 aliphatic carbocycles. The van der Waals surface area contributed by atoms with E-state index in [9.17, 15) is 4.79 Å². The number of ether oxygens (including phenoxy) is 1. The first-order valence-corrected chi connectivity index (χ1v) is 7.04. The average Bonchev–Trinajstić information content (AvgIpc) is 2.48. The van der Waals surface area contributed by atoms with E-state index >= 15 is 0 Å². The Morgan fingerprint density at radius 2 is 1.95 bits per heavy atom. The van der Waals surface area contributed by atoms with E-state index in [4.69, 9.17) is 10.5 Å². The van der Waals surface area contributed by atoms with Crippen LogP contribution in [0.5, 0.6) is 5.75 Å². The fourth-order valence-electron chi connectivity index (χ4n) is 1.91. The molecule has 0 saturated carbocycles. The van der Waals surface area contributed by atoms with Gasteiger partial charge in [0.1, 0.15) is 5.75 Å².